The lowest BCUT2D eigenvalue weighted by molar-refractivity contribution is -0.123. The molecule has 1 atom stereocenters. The Morgan fingerprint density at radius 1 is 1.53 bits per heavy atom. The number of aliphatic hydroxyl groups excluding tert-OH is 1. The molecule has 1 amide bonds. The van der Waals surface area contributed by atoms with Crippen LogP contribution in [0.4, 0.5) is 0 Å². The van der Waals surface area contributed by atoms with Gasteiger partial charge in [-0.15, -0.1) is 11.3 Å². The van der Waals surface area contributed by atoms with Gasteiger partial charge in [0.25, 0.3) is 0 Å². The molecule has 0 spiro atoms. The van der Waals surface area contributed by atoms with E-state index < -0.39 is 6.10 Å². The topological polar surface area (TPSA) is 49.3 Å². The molecule has 0 unspecified atom stereocenters. The predicted octanol–water partition coefficient (Wildman–Crippen LogP) is 2.99. The molecule has 0 aliphatic rings. The first-order valence-electron chi connectivity index (χ1n) is 5.48. The standard InChI is InChI=1S/C12H18ClNO2S/c1-12(2,3)6-11(16)14-7-8(15)9-4-5-10(13)17-9/h4-5,8,15H,6-7H2,1-3H3,(H,14,16)/t8-/m0/s1. The van der Waals surface area contributed by atoms with Crippen LogP contribution in [0.3, 0.4) is 0 Å². The third-order valence-electron chi connectivity index (χ3n) is 2.11. The van der Waals surface area contributed by atoms with Crippen LogP contribution >= 0.6 is 22.9 Å². The molecule has 0 bridgehead atoms. The summed E-state index contributed by atoms with van der Waals surface area (Å²) in [6.07, 6.45) is -0.235. The summed E-state index contributed by atoms with van der Waals surface area (Å²) in [5, 5.41) is 12.5. The van der Waals surface area contributed by atoms with Crippen molar-refractivity contribution >= 4 is 28.8 Å². The lowest BCUT2D eigenvalue weighted by Crippen LogP contribution is -2.30. The maximum atomic E-state index is 11.6. The molecule has 96 valence electrons. The van der Waals surface area contributed by atoms with Gasteiger partial charge >= 0.3 is 0 Å². The van der Waals surface area contributed by atoms with Gasteiger partial charge in [-0.2, -0.15) is 0 Å². The van der Waals surface area contributed by atoms with Gasteiger partial charge in [0.1, 0.15) is 6.10 Å². The maximum Gasteiger partial charge on any atom is 0.220 e. The highest BCUT2D eigenvalue weighted by molar-refractivity contribution is 7.16. The van der Waals surface area contributed by atoms with Crippen LogP contribution in [0.1, 0.15) is 38.2 Å². The average Bonchev–Trinajstić information content (AvgIpc) is 2.58. The highest BCUT2D eigenvalue weighted by atomic mass is 35.5. The molecule has 0 fully saturated rings. The number of carbonyl (C=O) groups excluding carboxylic acids is 1. The van der Waals surface area contributed by atoms with Crippen molar-refractivity contribution in [1.82, 2.24) is 5.32 Å². The summed E-state index contributed by atoms with van der Waals surface area (Å²) in [4.78, 5) is 12.3. The number of thiophene rings is 1. The van der Waals surface area contributed by atoms with Crippen molar-refractivity contribution in [2.24, 2.45) is 5.41 Å². The van der Waals surface area contributed by atoms with Crippen LogP contribution in [0, 0.1) is 5.41 Å². The number of amides is 1. The Balaban J connectivity index is 2.38. The molecule has 1 aromatic rings. The highest BCUT2D eigenvalue weighted by Gasteiger charge is 2.17. The van der Waals surface area contributed by atoms with Crippen molar-refractivity contribution < 1.29 is 9.90 Å². The van der Waals surface area contributed by atoms with Crippen molar-refractivity contribution in [2.45, 2.75) is 33.3 Å². The molecule has 0 aromatic carbocycles. The molecular weight excluding hydrogens is 258 g/mol. The largest absolute Gasteiger partial charge is 0.386 e. The zero-order valence-electron chi connectivity index (χ0n) is 10.3. The van der Waals surface area contributed by atoms with Crippen LogP contribution < -0.4 is 5.32 Å². The van der Waals surface area contributed by atoms with Crippen molar-refractivity contribution in [2.75, 3.05) is 6.54 Å². The summed E-state index contributed by atoms with van der Waals surface area (Å²) >= 11 is 7.10. The lowest BCUT2D eigenvalue weighted by atomic mass is 9.92. The number of aliphatic hydroxyl groups is 1. The first-order valence-corrected chi connectivity index (χ1v) is 6.67. The van der Waals surface area contributed by atoms with Gasteiger partial charge in [-0.25, -0.2) is 0 Å². The van der Waals surface area contributed by atoms with Gasteiger partial charge in [-0.05, 0) is 17.5 Å². The normalized spacial score (nSPS) is 13.5. The Bertz CT molecular complexity index is 384. The van der Waals surface area contributed by atoms with Crippen LogP contribution in [0.15, 0.2) is 12.1 Å². The van der Waals surface area contributed by atoms with E-state index in [4.69, 9.17) is 11.6 Å². The SMILES string of the molecule is CC(C)(C)CC(=O)NC[C@H](O)c1ccc(Cl)s1. The first-order chi connectivity index (χ1) is 7.78. The minimum atomic E-state index is -0.684. The van der Waals surface area contributed by atoms with E-state index >= 15 is 0 Å². The number of halogens is 1. The molecule has 0 saturated carbocycles. The van der Waals surface area contributed by atoms with Crippen LogP contribution in [0.5, 0.6) is 0 Å². The van der Waals surface area contributed by atoms with Gasteiger partial charge in [-0.1, -0.05) is 32.4 Å². The summed E-state index contributed by atoms with van der Waals surface area (Å²) in [5.74, 6) is -0.0424. The van der Waals surface area contributed by atoms with Gasteiger partial charge in [0.05, 0.1) is 4.34 Å². The summed E-state index contributed by atoms with van der Waals surface area (Å²) in [6, 6.07) is 3.51. The maximum absolute atomic E-state index is 11.6. The number of nitrogens with one attached hydrogen (secondary N) is 1. The van der Waals surface area contributed by atoms with Gasteiger partial charge in [0.2, 0.25) is 5.91 Å². The molecule has 0 aliphatic heterocycles. The minimum Gasteiger partial charge on any atom is -0.386 e. The second-order valence-electron chi connectivity index (χ2n) is 5.20. The molecule has 0 aliphatic carbocycles. The minimum absolute atomic E-state index is 0.0404. The molecule has 3 nitrogen and oxygen atoms in total. The molecule has 1 rings (SSSR count). The van der Waals surface area contributed by atoms with Crippen molar-refractivity contribution in [3.05, 3.63) is 21.3 Å². The molecule has 0 saturated heterocycles. The van der Waals surface area contributed by atoms with E-state index in [-0.39, 0.29) is 17.9 Å². The van der Waals surface area contributed by atoms with Crippen molar-refractivity contribution in [3.63, 3.8) is 0 Å². The number of hydrogen-bond donors (Lipinski definition) is 2. The van der Waals surface area contributed by atoms with Crippen LogP contribution in [-0.2, 0) is 4.79 Å². The van der Waals surface area contributed by atoms with E-state index in [1.165, 1.54) is 11.3 Å². The molecule has 1 aromatic heterocycles. The smallest absolute Gasteiger partial charge is 0.220 e. The fourth-order valence-corrected chi connectivity index (χ4v) is 2.41. The fraction of sp³-hybridized carbons (Fsp3) is 0.583. The van der Waals surface area contributed by atoms with Crippen LogP contribution in [0.2, 0.25) is 4.34 Å². The first kappa shape index (κ1) is 14.5. The Morgan fingerprint density at radius 2 is 2.18 bits per heavy atom. The quantitative estimate of drug-likeness (QED) is 0.887. The Hall–Kier alpha value is -0.580. The van der Waals surface area contributed by atoms with Crippen molar-refractivity contribution in [1.29, 1.82) is 0 Å². The average molecular weight is 276 g/mol. The van der Waals surface area contributed by atoms with Gasteiger partial charge in [-0.3, -0.25) is 4.79 Å². The van der Waals surface area contributed by atoms with Gasteiger partial charge < -0.3 is 10.4 Å². The highest BCUT2D eigenvalue weighted by Crippen LogP contribution is 2.26. The zero-order chi connectivity index (χ0) is 13.1. The number of carbonyl (C=O) groups is 1. The van der Waals surface area contributed by atoms with Gasteiger partial charge in [0, 0.05) is 17.8 Å². The fourth-order valence-electron chi connectivity index (χ4n) is 1.36. The molecular formula is C12H18ClNO2S. The second kappa shape index (κ2) is 5.85. The third-order valence-corrected chi connectivity index (χ3v) is 3.44. The lowest BCUT2D eigenvalue weighted by Gasteiger charge is -2.18. The van der Waals surface area contributed by atoms with Gasteiger partial charge in [0.15, 0.2) is 0 Å². The summed E-state index contributed by atoms with van der Waals surface area (Å²) in [5.41, 5.74) is -0.0404. The molecule has 2 N–H and O–H groups in total. The summed E-state index contributed by atoms with van der Waals surface area (Å²) in [6.45, 7) is 6.23. The van der Waals surface area contributed by atoms with E-state index in [1.54, 1.807) is 12.1 Å². The van der Waals surface area contributed by atoms with E-state index in [0.717, 1.165) is 4.88 Å². The summed E-state index contributed by atoms with van der Waals surface area (Å²) in [7, 11) is 0. The predicted molar refractivity (Wildman–Crippen MR) is 71.4 cm³/mol. The van der Waals surface area contributed by atoms with E-state index in [1.807, 2.05) is 20.8 Å². The van der Waals surface area contributed by atoms with Crippen molar-refractivity contribution in [3.8, 4) is 0 Å². The van der Waals surface area contributed by atoms with E-state index in [0.29, 0.717) is 10.8 Å². The Labute approximate surface area is 111 Å². The Kier molecular flexibility index (Phi) is 4.98. The Morgan fingerprint density at radius 3 is 2.65 bits per heavy atom. The molecule has 5 heteroatoms. The van der Waals surface area contributed by atoms with Crippen LogP contribution in [-0.4, -0.2) is 17.6 Å². The third kappa shape index (κ3) is 5.52. The number of hydrogen-bond acceptors (Lipinski definition) is 3. The van der Waals surface area contributed by atoms with E-state index in [2.05, 4.69) is 5.32 Å². The van der Waals surface area contributed by atoms with E-state index in [9.17, 15) is 9.90 Å². The molecule has 1 heterocycles. The zero-order valence-corrected chi connectivity index (χ0v) is 11.9. The van der Waals surface area contributed by atoms with Crippen LogP contribution in [0.25, 0.3) is 0 Å². The molecule has 0 radical (unpaired) electrons. The monoisotopic (exact) mass is 275 g/mol. The second-order valence-corrected chi connectivity index (χ2v) is 6.95. The molecule has 17 heavy (non-hydrogen) atoms. The number of rotatable bonds is 4. The summed E-state index contributed by atoms with van der Waals surface area (Å²) < 4.78 is 0.639.